The zero-order valence-corrected chi connectivity index (χ0v) is 18.7. The molecule has 2 aromatic carbocycles. The molecule has 1 atom stereocenters. The number of rotatable bonds is 7. The molecule has 1 aliphatic rings. The van der Waals surface area contributed by atoms with Crippen molar-refractivity contribution in [2.75, 3.05) is 17.2 Å². The van der Waals surface area contributed by atoms with Gasteiger partial charge in [-0.25, -0.2) is 8.42 Å². The Bertz CT molecular complexity index is 1020. The Morgan fingerprint density at radius 1 is 0.935 bits per heavy atom. The van der Waals surface area contributed by atoms with Crippen LogP contribution in [0.4, 0.5) is 11.4 Å². The summed E-state index contributed by atoms with van der Waals surface area (Å²) in [4.78, 5) is 24.2. The van der Waals surface area contributed by atoms with Crippen molar-refractivity contribution in [3.63, 3.8) is 0 Å². The number of benzene rings is 2. The summed E-state index contributed by atoms with van der Waals surface area (Å²) in [6.07, 6.45) is 4.01. The van der Waals surface area contributed by atoms with E-state index < -0.39 is 10.0 Å². The first-order chi connectivity index (χ1) is 14.8. The van der Waals surface area contributed by atoms with Crippen LogP contribution >= 0.6 is 0 Å². The van der Waals surface area contributed by atoms with E-state index in [4.69, 9.17) is 0 Å². The fourth-order valence-corrected chi connectivity index (χ4v) is 5.47. The van der Waals surface area contributed by atoms with Gasteiger partial charge in [-0.1, -0.05) is 20.3 Å². The van der Waals surface area contributed by atoms with Crippen LogP contribution in [0.5, 0.6) is 0 Å². The maximum absolute atomic E-state index is 13.1. The van der Waals surface area contributed by atoms with Crippen molar-refractivity contribution in [2.24, 2.45) is 0 Å². The van der Waals surface area contributed by atoms with Crippen LogP contribution in [0.25, 0.3) is 0 Å². The molecule has 0 bridgehead atoms. The number of carbonyl (C=O) groups is 2. The molecule has 1 aliphatic heterocycles. The lowest BCUT2D eigenvalue weighted by Gasteiger charge is -2.34. The van der Waals surface area contributed by atoms with Crippen LogP contribution < -0.4 is 10.6 Å². The molecule has 2 N–H and O–H groups in total. The van der Waals surface area contributed by atoms with Crippen molar-refractivity contribution >= 4 is 33.2 Å². The first-order valence-electron chi connectivity index (χ1n) is 10.7. The normalized spacial score (nSPS) is 17.2. The number of hydrogen-bond donors (Lipinski definition) is 2. The molecule has 166 valence electrons. The zero-order chi connectivity index (χ0) is 22.4. The van der Waals surface area contributed by atoms with Crippen molar-refractivity contribution in [1.82, 2.24) is 4.31 Å². The number of carbonyl (C=O) groups excluding carboxylic acids is 2. The Morgan fingerprint density at radius 2 is 1.55 bits per heavy atom. The highest BCUT2D eigenvalue weighted by Crippen LogP contribution is 2.27. The highest BCUT2D eigenvalue weighted by molar-refractivity contribution is 7.89. The summed E-state index contributed by atoms with van der Waals surface area (Å²) >= 11 is 0. The van der Waals surface area contributed by atoms with E-state index in [0.717, 1.165) is 25.7 Å². The maximum Gasteiger partial charge on any atom is 0.255 e. The first-order valence-corrected chi connectivity index (χ1v) is 12.1. The fraction of sp³-hybridized carbons (Fsp3) is 0.391. The van der Waals surface area contributed by atoms with Gasteiger partial charge in [-0.3, -0.25) is 9.59 Å². The second-order valence-corrected chi connectivity index (χ2v) is 9.52. The Morgan fingerprint density at radius 3 is 2.16 bits per heavy atom. The van der Waals surface area contributed by atoms with Crippen molar-refractivity contribution in [2.45, 2.75) is 56.9 Å². The second-order valence-electron chi connectivity index (χ2n) is 7.63. The molecule has 0 aromatic heterocycles. The third-order valence-corrected chi connectivity index (χ3v) is 7.48. The van der Waals surface area contributed by atoms with E-state index in [9.17, 15) is 18.0 Å². The minimum Gasteiger partial charge on any atom is -0.326 e. The molecular formula is C23H29N3O4S. The summed E-state index contributed by atoms with van der Waals surface area (Å²) in [6.45, 7) is 4.33. The van der Waals surface area contributed by atoms with Crippen LogP contribution in [0.15, 0.2) is 53.4 Å². The van der Waals surface area contributed by atoms with Gasteiger partial charge in [0.05, 0.1) is 4.90 Å². The average molecular weight is 444 g/mol. The smallest absolute Gasteiger partial charge is 0.255 e. The largest absolute Gasteiger partial charge is 0.326 e. The Balaban J connectivity index is 1.67. The molecule has 1 fully saturated rings. The molecule has 0 radical (unpaired) electrons. The second kappa shape index (κ2) is 10.1. The van der Waals surface area contributed by atoms with Crippen LogP contribution in [-0.2, 0) is 14.8 Å². The van der Waals surface area contributed by atoms with E-state index in [1.807, 2.05) is 6.92 Å². The third kappa shape index (κ3) is 5.51. The van der Waals surface area contributed by atoms with Gasteiger partial charge in [0.25, 0.3) is 5.91 Å². The van der Waals surface area contributed by atoms with Gasteiger partial charge in [0.15, 0.2) is 0 Å². The number of amides is 2. The lowest BCUT2D eigenvalue weighted by molar-refractivity contribution is -0.115. The molecule has 0 saturated carbocycles. The molecule has 0 spiro atoms. The SMILES string of the molecule is CCC(=O)Nc1ccc(C(=O)Nc2ccc(S(=O)(=O)N3CCCCC3CC)cc2)cc1. The third-order valence-electron chi connectivity index (χ3n) is 5.52. The highest BCUT2D eigenvalue weighted by atomic mass is 32.2. The topological polar surface area (TPSA) is 95.6 Å². The maximum atomic E-state index is 13.1. The van der Waals surface area contributed by atoms with E-state index in [1.54, 1.807) is 47.6 Å². The van der Waals surface area contributed by atoms with E-state index in [1.165, 1.54) is 12.1 Å². The molecule has 31 heavy (non-hydrogen) atoms. The summed E-state index contributed by atoms with van der Waals surface area (Å²) in [6, 6.07) is 12.9. The highest BCUT2D eigenvalue weighted by Gasteiger charge is 2.32. The van der Waals surface area contributed by atoms with Crippen molar-refractivity contribution < 1.29 is 18.0 Å². The first kappa shape index (κ1) is 23.0. The van der Waals surface area contributed by atoms with Crippen molar-refractivity contribution in [3.8, 4) is 0 Å². The van der Waals surface area contributed by atoms with Gasteiger partial charge in [0, 0.05) is 35.9 Å². The molecule has 7 nitrogen and oxygen atoms in total. The summed E-state index contributed by atoms with van der Waals surface area (Å²) in [7, 11) is -3.55. The summed E-state index contributed by atoms with van der Waals surface area (Å²) < 4.78 is 27.7. The minimum absolute atomic E-state index is 0.0446. The van der Waals surface area contributed by atoms with Crippen LogP contribution in [0, 0.1) is 0 Å². The van der Waals surface area contributed by atoms with Crippen LogP contribution in [0.1, 0.15) is 56.3 Å². The lowest BCUT2D eigenvalue weighted by atomic mass is 10.0. The number of piperidine rings is 1. The summed E-state index contributed by atoms with van der Waals surface area (Å²) in [5.41, 5.74) is 1.57. The molecular weight excluding hydrogens is 414 g/mol. The molecule has 0 aliphatic carbocycles. The van der Waals surface area contributed by atoms with E-state index in [0.29, 0.717) is 29.9 Å². The lowest BCUT2D eigenvalue weighted by Crippen LogP contribution is -2.43. The number of nitrogens with one attached hydrogen (secondary N) is 2. The van der Waals surface area contributed by atoms with Crippen molar-refractivity contribution in [1.29, 1.82) is 0 Å². The van der Waals surface area contributed by atoms with Crippen LogP contribution in [-0.4, -0.2) is 37.1 Å². The monoisotopic (exact) mass is 443 g/mol. The van der Waals surface area contributed by atoms with E-state index >= 15 is 0 Å². The average Bonchev–Trinajstić information content (AvgIpc) is 2.79. The van der Waals surface area contributed by atoms with Gasteiger partial charge in [-0.2, -0.15) is 4.31 Å². The van der Waals surface area contributed by atoms with Gasteiger partial charge >= 0.3 is 0 Å². The van der Waals surface area contributed by atoms with Crippen molar-refractivity contribution in [3.05, 3.63) is 54.1 Å². The standard InChI is InChI=1S/C23H29N3O4S/c1-3-20-7-5-6-16-26(20)31(29,30)21-14-12-19(13-15-21)25-23(28)17-8-10-18(11-9-17)24-22(27)4-2/h8-15,20H,3-7,16H2,1-2H3,(H,24,27)(H,25,28). The zero-order valence-electron chi connectivity index (χ0n) is 17.9. The number of nitrogens with zero attached hydrogens (tertiary/aromatic N) is 1. The van der Waals surface area contributed by atoms with E-state index in [2.05, 4.69) is 10.6 Å². The Hall–Kier alpha value is -2.71. The Kier molecular flexibility index (Phi) is 7.46. The molecule has 1 saturated heterocycles. The van der Waals surface area contributed by atoms with Gasteiger partial charge in [-0.05, 0) is 67.8 Å². The molecule has 8 heteroatoms. The molecule has 1 unspecified atom stereocenters. The minimum atomic E-state index is -3.55. The molecule has 3 rings (SSSR count). The number of hydrogen-bond acceptors (Lipinski definition) is 4. The van der Waals surface area contributed by atoms with Crippen LogP contribution in [0.2, 0.25) is 0 Å². The predicted octanol–water partition coefficient (Wildman–Crippen LogP) is 4.24. The fourth-order valence-electron chi connectivity index (χ4n) is 3.70. The van der Waals surface area contributed by atoms with Gasteiger partial charge in [-0.15, -0.1) is 0 Å². The predicted molar refractivity (Wildman–Crippen MR) is 122 cm³/mol. The number of anilines is 2. The molecule has 1 heterocycles. The van der Waals surface area contributed by atoms with Gasteiger partial charge < -0.3 is 10.6 Å². The molecule has 2 aromatic rings. The van der Waals surface area contributed by atoms with Gasteiger partial charge in [0.2, 0.25) is 15.9 Å². The quantitative estimate of drug-likeness (QED) is 0.669. The van der Waals surface area contributed by atoms with Gasteiger partial charge in [0.1, 0.15) is 0 Å². The summed E-state index contributed by atoms with van der Waals surface area (Å²) in [5, 5.41) is 5.50. The number of sulfonamides is 1. The summed E-state index contributed by atoms with van der Waals surface area (Å²) in [5.74, 6) is -0.409. The Labute approximate surface area is 183 Å². The van der Waals surface area contributed by atoms with Crippen LogP contribution in [0.3, 0.4) is 0 Å². The van der Waals surface area contributed by atoms with E-state index in [-0.39, 0.29) is 22.8 Å². The molecule has 2 amide bonds.